The summed E-state index contributed by atoms with van der Waals surface area (Å²) in [6.45, 7) is 6.38. The average Bonchev–Trinajstić information content (AvgIpc) is 2.29. The first-order valence-electron chi connectivity index (χ1n) is 6.12. The SMILES string of the molecule is C[C@H](NS(=O)(=O)c1ccc(F)c(Cl)c1)C(=O)OC(C)(C)C. The minimum absolute atomic E-state index is 0.232. The second kappa shape index (κ2) is 6.29. The van der Waals surface area contributed by atoms with Crippen LogP contribution in [0.5, 0.6) is 0 Å². The molecule has 0 fully saturated rings. The minimum Gasteiger partial charge on any atom is -0.459 e. The van der Waals surface area contributed by atoms with Gasteiger partial charge in [0, 0.05) is 0 Å². The first-order valence-corrected chi connectivity index (χ1v) is 7.99. The van der Waals surface area contributed by atoms with Gasteiger partial charge in [-0.1, -0.05) is 11.6 Å². The zero-order valence-corrected chi connectivity index (χ0v) is 13.7. The molecule has 0 heterocycles. The molecule has 8 heteroatoms. The Hall–Kier alpha value is -1.18. The summed E-state index contributed by atoms with van der Waals surface area (Å²) < 4.78 is 44.4. The summed E-state index contributed by atoms with van der Waals surface area (Å²) in [5.41, 5.74) is -0.726. The van der Waals surface area contributed by atoms with Crippen molar-refractivity contribution in [2.75, 3.05) is 0 Å². The van der Waals surface area contributed by atoms with Crippen molar-refractivity contribution in [1.82, 2.24) is 4.72 Å². The maximum atomic E-state index is 13.0. The van der Waals surface area contributed by atoms with Crippen molar-refractivity contribution in [3.8, 4) is 0 Å². The summed E-state index contributed by atoms with van der Waals surface area (Å²) in [4.78, 5) is 11.5. The molecule has 0 aliphatic rings. The maximum Gasteiger partial charge on any atom is 0.324 e. The number of hydrogen-bond acceptors (Lipinski definition) is 4. The predicted molar refractivity (Wildman–Crippen MR) is 77.0 cm³/mol. The molecule has 1 aromatic carbocycles. The number of carbonyl (C=O) groups excluding carboxylic acids is 1. The van der Waals surface area contributed by atoms with Gasteiger partial charge in [-0.25, -0.2) is 12.8 Å². The Kier molecular flexibility index (Phi) is 5.35. The molecule has 1 atom stereocenters. The molecule has 118 valence electrons. The van der Waals surface area contributed by atoms with E-state index in [0.29, 0.717) is 0 Å². The Morgan fingerprint density at radius 2 is 1.95 bits per heavy atom. The fourth-order valence-electron chi connectivity index (χ4n) is 1.38. The lowest BCUT2D eigenvalue weighted by Crippen LogP contribution is -2.42. The minimum atomic E-state index is -4.00. The highest BCUT2D eigenvalue weighted by atomic mass is 35.5. The maximum absolute atomic E-state index is 13.0. The van der Waals surface area contributed by atoms with Crippen LogP contribution in [0.15, 0.2) is 23.1 Å². The van der Waals surface area contributed by atoms with E-state index in [1.165, 1.54) is 6.92 Å². The Morgan fingerprint density at radius 1 is 1.38 bits per heavy atom. The average molecular weight is 338 g/mol. The highest BCUT2D eigenvalue weighted by molar-refractivity contribution is 7.89. The van der Waals surface area contributed by atoms with Crippen LogP contribution >= 0.6 is 11.6 Å². The molecule has 1 rings (SSSR count). The fourth-order valence-corrected chi connectivity index (χ4v) is 2.85. The van der Waals surface area contributed by atoms with Gasteiger partial charge in [0.25, 0.3) is 0 Å². The molecule has 0 amide bonds. The van der Waals surface area contributed by atoms with Crippen molar-refractivity contribution in [2.45, 2.75) is 44.2 Å². The topological polar surface area (TPSA) is 72.5 Å². The second-order valence-electron chi connectivity index (χ2n) is 5.45. The highest BCUT2D eigenvalue weighted by Gasteiger charge is 2.26. The van der Waals surface area contributed by atoms with Crippen molar-refractivity contribution in [3.63, 3.8) is 0 Å². The number of rotatable bonds is 4. The van der Waals surface area contributed by atoms with Crippen molar-refractivity contribution < 1.29 is 22.3 Å². The zero-order chi connectivity index (χ0) is 16.4. The van der Waals surface area contributed by atoms with Gasteiger partial charge in [0.1, 0.15) is 17.5 Å². The molecule has 0 saturated heterocycles. The van der Waals surface area contributed by atoms with E-state index >= 15 is 0 Å². The van der Waals surface area contributed by atoms with Gasteiger partial charge in [-0.2, -0.15) is 4.72 Å². The lowest BCUT2D eigenvalue weighted by atomic mass is 10.2. The Balaban J connectivity index is 2.89. The molecule has 0 aliphatic carbocycles. The van der Waals surface area contributed by atoms with E-state index in [-0.39, 0.29) is 9.92 Å². The number of esters is 1. The molecule has 0 unspecified atom stereocenters. The molecule has 0 aliphatic heterocycles. The van der Waals surface area contributed by atoms with E-state index in [9.17, 15) is 17.6 Å². The van der Waals surface area contributed by atoms with E-state index in [1.807, 2.05) is 0 Å². The van der Waals surface area contributed by atoms with Crippen LogP contribution in [0.25, 0.3) is 0 Å². The van der Waals surface area contributed by atoms with Crippen LogP contribution in [0.1, 0.15) is 27.7 Å². The monoisotopic (exact) mass is 337 g/mol. The van der Waals surface area contributed by atoms with Crippen molar-refractivity contribution in [1.29, 1.82) is 0 Å². The summed E-state index contributed by atoms with van der Waals surface area (Å²) in [5.74, 6) is -1.44. The van der Waals surface area contributed by atoms with Gasteiger partial charge in [-0.3, -0.25) is 4.79 Å². The fraction of sp³-hybridized carbons (Fsp3) is 0.462. The van der Waals surface area contributed by atoms with Crippen LogP contribution in [-0.2, 0) is 19.6 Å². The van der Waals surface area contributed by atoms with Crippen LogP contribution in [0, 0.1) is 5.82 Å². The molecule has 0 radical (unpaired) electrons. The van der Waals surface area contributed by atoms with E-state index in [2.05, 4.69) is 4.72 Å². The smallest absolute Gasteiger partial charge is 0.324 e. The highest BCUT2D eigenvalue weighted by Crippen LogP contribution is 2.19. The molecule has 5 nitrogen and oxygen atoms in total. The van der Waals surface area contributed by atoms with E-state index in [0.717, 1.165) is 18.2 Å². The number of benzene rings is 1. The number of nitrogens with one attached hydrogen (secondary N) is 1. The van der Waals surface area contributed by atoms with E-state index < -0.39 is 33.5 Å². The van der Waals surface area contributed by atoms with Crippen LogP contribution in [0.4, 0.5) is 4.39 Å². The Labute approximate surface area is 128 Å². The van der Waals surface area contributed by atoms with Crippen molar-refractivity contribution in [3.05, 3.63) is 29.0 Å². The van der Waals surface area contributed by atoms with Crippen LogP contribution < -0.4 is 4.72 Å². The molecule has 0 bridgehead atoms. The van der Waals surface area contributed by atoms with Gasteiger partial charge in [-0.15, -0.1) is 0 Å². The largest absolute Gasteiger partial charge is 0.459 e. The molecule has 0 saturated carbocycles. The zero-order valence-electron chi connectivity index (χ0n) is 12.1. The molecule has 0 spiro atoms. The molecule has 21 heavy (non-hydrogen) atoms. The van der Waals surface area contributed by atoms with Gasteiger partial charge >= 0.3 is 5.97 Å². The lowest BCUT2D eigenvalue weighted by molar-refractivity contribution is -0.156. The summed E-state index contributed by atoms with van der Waals surface area (Å²) in [7, 11) is -4.00. The molecule has 1 N–H and O–H groups in total. The van der Waals surface area contributed by atoms with Gasteiger partial charge in [-0.05, 0) is 45.9 Å². The van der Waals surface area contributed by atoms with Gasteiger partial charge < -0.3 is 4.74 Å². The summed E-state index contributed by atoms with van der Waals surface area (Å²) in [5, 5.41) is -0.317. The standard InChI is InChI=1S/C13H17ClFNO4S/c1-8(12(17)20-13(2,3)4)16-21(18,19)9-5-6-11(15)10(14)7-9/h5-8,16H,1-4H3/t8-/m0/s1. The number of carbonyl (C=O) groups is 1. The third-order valence-electron chi connectivity index (χ3n) is 2.29. The molecule has 0 aromatic heterocycles. The van der Waals surface area contributed by atoms with E-state index in [1.54, 1.807) is 20.8 Å². The van der Waals surface area contributed by atoms with Crippen LogP contribution in [0.2, 0.25) is 5.02 Å². The quantitative estimate of drug-likeness (QED) is 0.857. The van der Waals surface area contributed by atoms with Gasteiger partial charge in [0.2, 0.25) is 10.0 Å². The number of sulfonamides is 1. The summed E-state index contributed by atoms with van der Waals surface area (Å²) >= 11 is 5.55. The van der Waals surface area contributed by atoms with Crippen molar-refractivity contribution >= 4 is 27.6 Å². The first kappa shape index (κ1) is 17.9. The molecular formula is C13H17ClFNO4S. The second-order valence-corrected chi connectivity index (χ2v) is 7.57. The number of ether oxygens (including phenoxy) is 1. The van der Waals surface area contributed by atoms with Gasteiger partial charge in [0.05, 0.1) is 9.92 Å². The summed E-state index contributed by atoms with van der Waals surface area (Å²) in [6.07, 6.45) is 0. The molecular weight excluding hydrogens is 321 g/mol. The normalized spacial score (nSPS) is 13.8. The lowest BCUT2D eigenvalue weighted by Gasteiger charge is -2.22. The number of halogens is 2. The predicted octanol–water partition coefficient (Wildman–Crippen LogP) is 2.49. The number of hydrogen-bond donors (Lipinski definition) is 1. The Morgan fingerprint density at radius 3 is 2.43 bits per heavy atom. The van der Waals surface area contributed by atoms with Crippen molar-refractivity contribution in [2.24, 2.45) is 0 Å². The van der Waals surface area contributed by atoms with Gasteiger partial charge in [0.15, 0.2) is 0 Å². The summed E-state index contributed by atoms with van der Waals surface area (Å²) in [6, 6.07) is 1.89. The van der Waals surface area contributed by atoms with Crippen LogP contribution in [-0.4, -0.2) is 26.0 Å². The first-order chi connectivity index (χ1) is 9.42. The third kappa shape index (κ3) is 5.26. The van der Waals surface area contributed by atoms with Crippen LogP contribution in [0.3, 0.4) is 0 Å². The molecule has 1 aromatic rings. The van der Waals surface area contributed by atoms with E-state index in [4.69, 9.17) is 16.3 Å². The third-order valence-corrected chi connectivity index (χ3v) is 4.12. The Bertz CT molecular complexity index is 640.